The van der Waals surface area contributed by atoms with Gasteiger partial charge in [-0.3, -0.25) is 4.79 Å². The molecule has 0 rings (SSSR count). The molecule has 114 valence electrons. The molecule has 0 aliphatic carbocycles. The fourth-order valence-corrected chi connectivity index (χ4v) is 2.11. The zero-order valence-electron chi connectivity index (χ0n) is 14.0. The molecule has 0 atom stereocenters. The van der Waals surface area contributed by atoms with Crippen molar-refractivity contribution in [2.24, 2.45) is 5.92 Å². The van der Waals surface area contributed by atoms with Crippen LogP contribution in [0.25, 0.3) is 0 Å². The summed E-state index contributed by atoms with van der Waals surface area (Å²) in [6.45, 7) is 11.9. The number of ketones is 2. The molecule has 0 aromatic carbocycles. The molecular weight excluding hydrogens is 248 g/mol. The molecular formula is C18H30O2. The van der Waals surface area contributed by atoms with Crippen LogP contribution < -0.4 is 0 Å². The van der Waals surface area contributed by atoms with Crippen LogP contribution in [0.3, 0.4) is 0 Å². The van der Waals surface area contributed by atoms with Gasteiger partial charge in [0, 0.05) is 12.8 Å². The van der Waals surface area contributed by atoms with E-state index in [2.05, 4.69) is 26.8 Å². The molecule has 0 saturated carbocycles. The van der Waals surface area contributed by atoms with Crippen molar-refractivity contribution in [3.8, 4) is 0 Å². The number of carbonyl (C=O) groups is 2. The van der Waals surface area contributed by atoms with Crippen molar-refractivity contribution >= 4 is 11.6 Å². The maximum Gasteiger partial charge on any atom is 0.159 e. The summed E-state index contributed by atoms with van der Waals surface area (Å²) in [4.78, 5) is 23.1. The second kappa shape index (κ2) is 9.68. The lowest BCUT2D eigenvalue weighted by molar-refractivity contribution is -0.117. The van der Waals surface area contributed by atoms with E-state index in [0.29, 0.717) is 18.8 Å². The predicted molar refractivity (Wildman–Crippen MR) is 85.7 cm³/mol. The summed E-state index contributed by atoms with van der Waals surface area (Å²) < 4.78 is 0. The van der Waals surface area contributed by atoms with Gasteiger partial charge in [0.05, 0.1) is 0 Å². The summed E-state index contributed by atoms with van der Waals surface area (Å²) in [6, 6.07) is 0. The standard InChI is InChI=1S/C18H30O2/c1-13(2)12-18(20)17(14(3)4)11-10-15(5)8-7-9-16(6)19/h8,13H,7,9-12H2,1-6H3/b15-8+. The number of allylic oxidation sites excluding steroid dienone is 4. The van der Waals surface area contributed by atoms with E-state index < -0.39 is 0 Å². The van der Waals surface area contributed by atoms with Crippen LogP contribution >= 0.6 is 0 Å². The third-order valence-electron chi connectivity index (χ3n) is 3.29. The molecule has 0 fully saturated rings. The molecule has 2 heteroatoms. The number of carbonyl (C=O) groups excluding carboxylic acids is 2. The maximum atomic E-state index is 12.2. The van der Waals surface area contributed by atoms with E-state index in [-0.39, 0.29) is 11.6 Å². The zero-order valence-corrected chi connectivity index (χ0v) is 14.0. The Bertz CT molecular complexity index is 394. The van der Waals surface area contributed by atoms with Crippen molar-refractivity contribution in [3.05, 3.63) is 22.8 Å². The molecule has 0 saturated heterocycles. The minimum Gasteiger partial charge on any atom is -0.300 e. The van der Waals surface area contributed by atoms with E-state index >= 15 is 0 Å². The van der Waals surface area contributed by atoms with Gasteiger partial charge in [-0.25, -0.2) is 0 Å². The van der Waals surface area contributed by atoms with Crippen molar-refractivity contribution in [2.75, 3.05) is 0 Å². The lowest BCUT2D eigenvalue weighted by Gasteiger charge is -2.11. The van der Waals surface area contributed by atoms with Gasteiger partial charge in [0.1, 0.15) is 5.78 Å². The maximum absolute atomic E-state index is 12.2. The monoisotopic (exact) mass is 278 g/mol. The topological polar surface area (TPSA) is 34.1 Å². The average molecular weight is 278 g/mol. The fraction of sp³-hybridized carbons (Fsp3) is 0.667. The summed E-state index contributed by atoms with van der Waals surface area (Å²) in [6.07, 6.45) is 5.90. The largest absolute Gasteiger partial charge is 0.300 e. The first kappa shape index (κ1) is 18.8. The van der Waals surface area contributed by atoms with E-state index in [1.165, 1.54) is 5.57 Å². The van der Waals surface area contributed by atoms with E-state index in [1.54, 1.807) is 6.92 Å². The molecule has 0 aromatic heterocycles. The second-order valence-electron chi connectivity index (χ2n) is 6.29. The van der Waals surface area contributed by atoms with Gasteiger partial charge >= 0.3 is 0 Å². The molecule has 0 unspecified atom stereocenters. The van der Waals surface area contributed by atoms with E-state index in [1.807, 2.05) is 13.8 Å². The van der Waals surface area contributed by atoms with Crippen LogP contribution in [-0.2, 0) is 9.59 Å². The Morgan fingerprint density at radius 3 is 2.00 bits per heavy atom. The Morgan fingerprint density at radius 2 is 1.55 bits per heavy atom. The van der Waals surface area contributed by atoms with Crippen LogP contribution in [-0.4, -0.2) is 11.6 Å². The highest BCUT2D eigenvalue weighted by molar-refractivity contribution is 5.96. The second-order valence-corrected chi connectivity index (χ2v) is 6.29. The molecule has 0 amide bonds. The van der Waals surface area contributed by atoms with E-state index in [0.717, 1.165) is 30.4 Å². The molecule has 0 N–H and O–H groups in total. The van der Waals surface area contributed by atoms with Crippen LogP contribution in [0.4, 0.5) is 0 Å². The summed E-state index contributed by atoms with van der Waals surface area (Å²) in [5.41, 5.74) is 3.38. The van der Waals surface area contributed by atoms with E-state index in [9.17, 15) is 9.59 Å². The number of rotatable bonds is 9. The Morgan fingerprint density at radius 1 is 0.950 bits per heavy atom. The van der Waals surface area contributed by atoms with Crippen LogP contribution in [0.2, 0.25) is 0 Å². The summed E-state index contributed by atoms with van der Waals surface area (Å²) in [7, 11) is 0. The van der Waals surface area contributed by atoms with Crippen molar-refractivity contribution in [1.29, 1.82) is 0 Å². The highest BCUT2D eigenvalue weighted by Gasteiger charge is 2.12. The van der Waals surface area contributed by atoms with Gasteiger partial charge in [-0.05, 0) is 58.4 Å². The summed E-state index contributed by atoms with van der Waals surface area (Å²) >= 11 is 0. The first-order valence-corrected chi connectivity index (χ1v) is 7.58. The van der Waals surface area contributed by atoms with Crippen molar-refractivity contribution in [3.63, 3.8) is 0 Å². The lowest BCUT2D eigenvalue weighted by atomic mass is 9.93. The molecule has 0 aromatic rings. The molecule has 0 aliphatic rings. The highest BCUT2D eigenvalue weighted by atomic mass is 16.1. The van der Waals surface area contributed by atoms with Gasteiger partial charge in [0.25, 0.3) is 0 Å². The summed E-state index contributed by atoms with van der Waals surface area (Å²) in [5.74, 6) is 0.923. The van der Waals surface area contributed by atoms with Gasteiger partial charge in [-0.15, -0.1) is 0 Å². The minimum atomic E-state index is 0.228. The SMILES string of the molecule is CC(=O)CC/C=C(\C)CCC(C(=O)CC(C)C)=C(C)C. The quantitative estimate of drug-likeness (QED) is 0.437. The van der Waals surface area contributed by atoms with Gasteiger partial charge in [-0.2, -0.15) is 0 Å². The van der Waals surface area contributed by atoms with Crippen LogP contribution in [0.1, 0.15) is 73.6 Å². The summed E-state index contributed by atoms with van der Waals surface area (Å²) in [5, 5.41) is 0. The van der Waals surface area contributed by atoms with Gasteiger partial charge in [-0.1, -0.05) is 31.1 Å². The fourth-order valence-electron chi connectivity index (χ4n) is 2.11. The number of hydrogen-bond donors (Lipinski definition) is 0. The molecule has 0 bridgehead atoms. The Labute approximate surface area is 124 Å². The van der Waals surface area contributed by atoms with Crippen LogP contribution in [0, 0.1) is 5.92 Å². The predicted octanol–water partition coefficient (Wildman–Crippen LogP) is 5.03. The lowest BCUT2D eigenvalue weighted by Crippen LogP contribution is -2.08. The van der Waals surface area contributed by atoms with Crippen molar-refractivity contribution in [1.82, 2.24) is 0 Å². The Hall–Kier alpha value is -1.18. The average Bonchev–Trinajstić information content (AvgIpc) is 2.26. The van der Waals surface area contributed by atoms with Gasteiger partial charge < -0.3 is 4.79 Å². The third-order valence-corrected chi connectivity index (χ3v) is 3.29. The molecule has 0 radical (unpaired) electrons. The van der Waals surface area contributed by atoms with Crippen LogP contribution in [0.5, 0.6) is 0 Å². The van der Waals surface area contributed by atoms with Crippen molar-refractivity contribution < 1.29 is 9.59 Å². The van der Waals surface area contributed by atoms with Gasteiger partial charge in [0.15, 0.2) is 5.78 Å². The zero-order chi connectivity index (χ0) is 15.7. The van der Waals surface area contributed by atoms with E-state index in [4.69, 9.17) is 0 Å². The Balaban J connectivity index is 4.47. The molecule has 0 spiro atoms. The first-order chi connectivity index (χ1) is 9.23. The number of Topliss-reactive ketones (excluding diaryl/α,β-unsaturated/α-hetero) is 2. The molecule has 20 heavy (non-hydrogen) atoms. The first-order valence-electron chi connectivity index (χ1n) is 7.58. The Kier molecular flexibility index (Phi) is 9.11. The minimum absolute atomic E-state index is 0.228. The van der Waals surface area contributed by atoms with Crippen molar-refractivity contribution in [2.45, 2.75) is 73.6 Å². The normalized spacial score (nSPS) is 11.7. The number of hydrogen-bond acceptors (Lipinski definition) is 2. The third kappa shape index (κ3) is 8.84. The molecule has 0 aliphatic heterocycles. The smallest absolute Gasteiger partial charge is 0.159 e. The highest BCUT2D eigenvalue weighted by Crippen LogP contribution is 2.19. The molecule has 2 nitrogen and oxygen atoms in total. The molecule has 0 heterocycles. The van der Waals surface area contributed by atoms with Gasteiger partial charge in [0.2, 0.25) is 0 Å². The van der Waals surface area contributed by atoms with Crippen LogP contribution in [0.15, 0.2) is 22.8 Å².